The first-order chi connectivity index (χ1) is 24.6. The molecule has 0 aliphatic rings. The number of benzene rings is 2. The number of nitrogens with zero attached hydrogens (tertiary/aromatic N) is 4. The molecule has 2 aromatic carbocycles. The predicted octanol–water partition coefficient (Wildman–Crippen LogP) is 4.14. The van der Waals surface area contributed by atoms with E-state index in [-0.39, 0.29) is 16.8 Å². The molecule has 3 N–H and O–H groups in total. The Morgan fingerprint density at radius 3 is 1.46 bits per heavy atom. The van der Waals surface area contributed by atoms with E-state index in [1.807, 2.05) is 13.8 Å². The van der Waals surface area contributed by atoms with Gasteiger partial charge in [0.2, 0.25) is 11.8 Å². The highest BCUT2D eigenvalue weighted by Crippen LogP contribution is 2.18. The standard InChI is InChI=1S/C35H37F4N7O5S/c1-5-27-7-9-29(19-40-27)45(3)33(47)31(15-21-11-23(36)17-24(37)12-21)42-35(49)44-52(50,51)43-32(16-22-13-25(38)18-26(39)14-22)34(48)46(4)30-10-8-28(6-2)41-20-30/h7-14,17-20,31-32,43H,5-6,15-16H2,1-4H3,(H2,42,44,49)/t31-,32-/m0/s1. The summed E-state index contributed by atoms with van der Waals surface area (Å²) in [6.45, 7) is 3.76. The van der Waals surface area contributed by atoms with Gasteiger partial charge in [0.05, 0.1) is 23.8 Å². The third-order valence-corrected chi connectivity index (χ3v) is 8.98. The molecule has 0 aliphatic carbocycles. The summed E-state index contributed by atoms with van der Waals surface area (Å²) in [6, 6.07) is 6.78. The van der Waals surface area contributed by atoms with Crippen LogP contribution < -0.4 is 24.6 Å². The SMILES string of the molecule is CCc1ccc(N(C)C(=O)[C@H](Cc2cc(F)cc(F)c2)NC(=O)NS(=O)(=O)N[C@@H](Cc2cc(F)cc(F)c2)C(=O)N(C)c2ccc(CC)nc2)cn1. The van der Waals surface area contributed by atoms with Gasteiger partial charge in [-0.1, -0.05) is 13.8 Å². The number of aromatic nitrogens is 2. The molecule has 0 saturated carbocycles. The Kier molecular flexibility index (Phi) is 13.0. The lowest BCUT2D eigenvalue weighted by atomic mass is 10.0. The minimum atomic E-state index is -4.95. The number of rotatable bonds is 14. The van der Waals surface area contributed by atoms with E-state index in [0.29, 0.717) is 30.7 Å². The Morgan fingerprint density at radius 1 is 0.673 bits per heavy atom. The van der Waals surface area contributed by atoms with Crippen molar-refractivity contribution in [2.75, 3.05) is 23.9 Å². The van der Waals surface area contributed by atoms with Gasteiger partial charge in [0.25, 0.3) is 0 Å². The molecule has 4 rings (SSSR count). The zero-order valence-electron chi connectivity index (χ0n) is 28.7. The van der Waals surface area contributed by atoms with E-state index >= 15 is 0 Å². The van der Waals surface area contributed by atoms with Crippen LogP contribution in [-0.2, 0) is 45.5 Å². The van der Waals surface area contributed by atoms with Crippen LogP contribution in [0, 0.1) is 23.3 Å². The van der Waals surface area contributed by atoms with Gasteiger partial charge in [-0.3, -0.25) is 19.6 Å². The van der Waals surface area contributed by atoms with E-state index < -0.39 is 76.2 Å². The second-order valence-corrected chi connectivity index (χ2v) is 13.2. The molecule has 4 amide bonds. The van der Waals surface area contributed by atoms with Gasteiger partial charge in [0.15, 0.2) is 0 Å². The van der Waals surface area contributed by atoms with Crippen molar-refractivity contribution in [3.63, 3.8) is 0 Å². The smallest absolute Gasteiger partial charge is 0.325 e. The van der Waals surface area contributed by atoms with Crippen LogP contribution in [0.15, 0.2) is 73.1 Å². The van der Waals surface area contributed by atoms with Gasteiger partial charge in [-0.2, -0.15) is 13.1 Å². The molecule has 0 radical (unpaired) electrons. The summed E-state index contributed by atoms with van der Waals surface area (Å²) in [5, 5.41) is 2.23. The van der Waals surface area contributed by atoms with Crippen molar-refractivity contribution in [2.24, 2.45) is 0 Å². The Labute approximate surface area is 298 Å². The highest BCUT2D eigenvalue weighted by atomic mass is 32.2. The quantitative estimate of drug-likeness (QED) is 0.164. The fraction of sp³-hybridized carbons (Fsp3) is 0.286. The Hall–Kier alpha value is -5.42. The number of amides is 4. The average Bonchev–Trinajstić information content (AvgIpc) is 3.08. The third kappa shape index (κ3) is 10.8. The van der Waals surface area contributed by atoms with Crippen LogP contribution in [0.25, 0.3) is 0 Å². The highest BCUT2D eigenvalue weighted by molar-refractivity contribution is 7.88. The van der Waals surface area contributed by atoms with Crippen molar-refractivity contribution in [1.82, 2.24) is 24.7 Å². The molecule has 17 heteroatoms. The minimum Gasteiger partial charge on any atom is -0.325 e. The molecule has 276 valence electrons. The van der Waals surface area contributed by atoms with Gasteiger partial charge < -0.3 is 15.1 Å². The summed E-state index contributed by atoms with van der Waals surface area (Å²) in [4.78, 5) is 51.1. The molecule has 2 aromatic heterocycles. The first kappa shape index (κ1) is 39.4. The molecule has 0 saturated heterocycles. The van der Waals surface area contributed by atoms with Crippen LogP contribution in [-0.4, -0.2) is 62.4 Å². The van der Waals surface area contributed by atoms with E-state index in [0.717, 1.165) is 45.5 Å². The molecule has 2 atom stereocenters. The minimum absolute atomic E-state index is 0.0255. The third-order valence-electron chi connectivity index (χ3n) is 7.93. The molecule has 4 aromatic rings. The second kappa shape index (κ2) is 17.2. The van der Waals surface area contributed by atoms with Gasteiger partial charge in [-0.25, -0.2) is 27.1 Å². The largest absolute Gasteiger partial charge is 0.330 e. The maximum Gasteiger partial charge on any atom is 0.330 e. The predicted molar refractivity (Wildman–Crippen MR) is 185 cm³/mol. The first-order valence-corrected chi connectivity index (χ1v) is 17.5. The molecule has 0 spiro atoms. The van der Waals surface area contributed by atoms with Gasteiger partial charge in [-0.15, -0.1) is 0 Å². The second-order valence-electron chi connectivity index (χ2n) is 11.8. The lowest BCUT2D eigenvalue weighted by Gasteiger charge is -2.26. The summed E-state index contributed by atoms with van der Waals surface area (Å²) in [5.41, 5.74) is 1.96. The number of likely N-dealkylation sites (N-methyl/N-ethyl adjacent to an activating group) is 2. The normalized spacial score (nSPS) is 12.5. The van der Waals surface area contributed by atoms with Crippen LogP contribution in [0.4, 0.5) is 33.7 Å². The first-order valence-electron chi connectivity index (χ1n) is 16.0. The number of aryl methyl sites for hydroxylation is 2. The van der Waals surface area contributed by atoms with E-state index in [4.69, 9.17) is 0 Å². The molecular weight excluding hydrogens is 706 g/mol. The number of hydrogen-bond donors (Lipinski definition) is 3. The fourth-order valence-corrected chi connectivity index (χ4v) is 6.13. The number of halogens is 4. The number of anilines is 2. The Bertz CT molecular complexity index is 1980. The number of pyridine rings is 2. The topological polar surface area (TPSA) is 154 Å². The lowest BCUT2D eigenvalue weighted by Crippen LogP contribution is -2.57. The summed E-state index contributed by atoms with van der Waals surface area (Å²) >= 11 is 0. The maximum atomic E-state index is 14.0. The molecule has 12 nitrogen and oxygen atoms in total. The van der Waals surface area contributed by atoms with E-state index in [9.17, 15) is 40.4 Å². The molecule has 2 heterocycles. The number of urea groups is 1. The van der Waals surface area contributed by atoms with Crippen molar-refractivity contribution < 1.29 is 40.4 Å². The Morgan fingerprint density at radius 2 is 1.08 bits per heavy atom. The van der Waals surface area contributed by atoms with Crippen LogP contribution in [0.5, 0.6) is 0 Å². The van der Waals surface area contributed by atoms with Crippen molar-refractivity contribution in [3.8, 4) is 0 Å². The summed E-state index contributed by atoms with van der Waals surface area (Å²) in [5.74, 6) is -5.48. The number of carbonyl (C=O) groups is 3. The van der Waals surface area contributed by atoms with Crippen molar-refractivity contribution in [1.29, 1.82) is 0 Å². The zero-order chi connectivity index (χ0) is 38.2. The molecule has 0 aliphatic heterocycles. The molecule has 0 fully saturated rings. The van der Waals surface area contributed by atoms with Crippen LogP contribution >= 0.6 is 0 Å². The summed E-state index contributed by atoms with van der Waals surface area (Å²) in [7, 11) is -2.24. The fourth-order valence-electron chi connectivity index (χ4n) is 5.21. The van der Waals surface area contributed by atoms with Crippen LogP contribution in [0.3, 0.4) is 0 Å². The molecular formula is C35H37F4N7O5S. The van der Waals surface area contributed by atoms with Gasteiger partial charge in [0, 0.05) is 44.0 Å². The van der Waals surface area contributed by atoms with Crippen molar-refractivity contribution >= 4 is 39.4 Å². The van der Waals surface area contributed by atoms with Crippen LogP contribution in [0.2, 0.25) is 0 Å². The average molecular weight is 744 g/mol. The Balaban J connectivity index is 1.58. The molecule has 52 heavy (non-hydrogen) atoms. The van der Waals surface area contributed by atoms with Gasteiger partial charge in [0.1, 0.15) is 35.4 Å². The zero-order valence-corrected chi connectivity index (χ0v) is 29.5. The monoisotopic (exact) mass is 743 g/mol. The van der Waals surface area contributed by atoms with Gasteiger partial charge in [-0.05, 0) is 78.9 Å². The van der Waals surface area contributed by atoms with E-state index in [1.165, 1.54) is 26.5 Å². The maximum absolute atomic E-state index is 14.0. The van der Waals surface area contributed by atoms with Gasteiger partial charge >= 0.3 is 16.2 Å². The van der Waals surface area contributed by atoms with E-state index in [2.05, 4.69) is 20.0 Å². The summed E-state index contributed by atoms with van der Waals surface area (Å²) < 4.78 is 86.5. The van der Waals surface area contributed by atoms with Crippen molar-refractivity contribution in [3.05, 3.63) is 119 Å². The lowest BCUT2D eigenvalue weighted by molar-refractivity contribution is -0.120. The molecule has 0 unspecified atom stereocenters. The number of hydrogen-bond acceptors (Lipinski definition) is 7. The summed E-state index contributed by atoms with van der Waals surface area (Å²) in [6.07, 6.45) is 3.05. The highest BCUT2D eigenvalue weighted by Gasteiger charge is 2.31. The molecule has 0 bridgehead atoms. The van der Waals surface area contributed by atoms with Crippen molar-refractivity contribution in [2.45, 2.75) is 51.6 Å². The number of carbonyl (C=O) groups excluding carboxylic acids is 3. The number of nitrogens with one attached hydrogen (secondary N) is 3. The van der Waals surface area contributed by atoms with E-state index in [1.54, 1.807) is 29.0 Å². The van der Waals surface area contributed by atoms with Crippen LogP contribution in [0.1, 0.15) is 36.4 Å².